The van der Waals surface area contributed by atoms with Gasteiger partial charge in [-0.25, -0.2) is 0 Å². The summed E-state index contributed by atoms with van der Waals surface area (Å²) < 4.78 is 0. The number of carbonyl (C=O) groups excluding carboxylic acids is 1. The van der Waals surface area contributed by atoms with E-state index < -0.39 is 5.97 Å². The monoisotopic (exact) mass is 285 g/mol. The number of nitrogens with zero attached hydrogens (tertiary/aromatic N) is 2. The van der Waals surface area contributed by atoms with E-state index in [1.807, 2.05) is 0 Å². The molecule has 0 saturated heterocycles. The first-order valence-electron chi connectivity index (χ1n) is 6.87. The van der Waals surface area contributed by atoms with Crippen LogP contribution in [0.1, 0.15) is 29.6 Å². The van der Waals surface area contributed by atoms with Gasteiger partial charge in [0.1, 0.15) is 5.52 Å². The van der Waals surface area contributed by atoms with Gasteiger partial charge >= 0.3 is 5.97 Å². The van der Waals surface area contributed by atoms with E-state index in [1.54, 1.807) is 24.4 Å². The molecule has 1 fully saturated rings. The molecule has 1 atom stereocenters. The molecule has 2 aromatic rings. The minimum atomic E-state index is -0.898. The second-order valence-corrected chi connectivity index (χ2v) is 5.24. The summed E-state index contributed by atoms with van der Waals surface area (Å²) in [7, 11) is 0. The molecule has 1 aromatic carbocycles. The van der Waals surface area contributed by atoms with Gasteiger partial charge in [0.15, 0.2) is 0 Å². The standard InChI is InChI=1S/C15H15N3O3/c19-13(20)8-12(9-4-5-9)18-15(21)10-2-1-3-11-14(10)17-7-6-16-11/h1-3,6-7,9,12H,4-5,8H2,(H,18,21)(H,19,20). The van der Waals surface area contributed by atoms with Crippen LogP contribution in [0.25, 0.3) is 11.0 Å². The number of aliphatic carboxylic acids is 1. The number of carboxylic acids is 1. The lowest BCUT2D eigenvalue weighted by atomic mass is 10.1. The van der Waals surface area contributed by atoms with E-state index in [9.17, 15) is 9.59 Å². The van der Waals surface area contributed by atoms with E-state index >= 15 is 0 Å². The third-order valence-corrected chi connectivity index (χ3v) is 3.65. The Morgan fingerprint density at radius 3 is 2.76 bits per heavy atom. The molecule has 1 saturated carbocycles. The zero-order chi connectivity index (χ0) is 14.8. The third-order valence-electron chi connectivity index (χ3n) is 3.65. The fourth-order valence-corrected chi connectivity index (χ4v) is 2.44. The molecular weight excluding hydrogens is 270 g/mol. The SMILES string of the molecule is O=C(O)CC(NC(=O)c1cccc2nccnc12)C1CC1. The molecule has 1 heterocycles. The second kappa shape index (κ2) is 5.47. The molecule has 2 N–H and O–H groups in total. The molecule has 0 radical (unpaired) electrons. The quantitative estimate of drug-likeness (QED) is 0.870. The predicted molar refractivity (Wildman–Crippen MR) is 75.8 cm³/mol. The average Bonchev–Trinajstić information content (AvgIpc) is 3.30. The van der Waals surface area contributed by atoms with Crippen LogP contribution >= 0.6 is 0 Å². The molecule has 1 aromatic heterocycles. The van der Waals surface area contributed by atoms with Crippen molar-refractivity contribution in [1.29, 1.82) is 0 Å². The molecule has 6 heteroatoms. The molecule has 1 aliphatic rings. The largest absolute Gasteiger partial charge is 0.481 e. The minimum Gasteiger partial charge on any atom is -0.481 e. The van der Waals surface area contributed by atoms with Crippen LogP contribution in [0.15, 0.2) is 30.6 Å². The maximum atomic E-state index is 12.4. The van der Waals surface area contributed by atoms with Crippen molar-refractivity contribution in [3.05, 3.63) is 36.2 Å². The minimum absolute atomic E-state index is 0.0488. The number of rotatable bonds is 5. The number of nitrogens with one attached hydrogen (secondary N) is 1. The van der Waals surface area contributed by atoms with Crippen LogP contribution < -0.4 is 5.32 Å². The number of benzene rings is 1. The molecule has 0 aliphatic heterocycles. The van der Waals surface area contributed by atoms with E-state index in [1.165, 1.54) is 6.20 Å². The van der Waals surface area contributed by atoms with Crippen LogP contribution in [0, 0.1) is 5.92 Å². The Labute approximate surface area is 121 Å². The summed E-state index contributed by atoms with van der Waals surface area (Å²) in [6.45, 7) is 0. The highest BCUT2D eigenvalue weighted by atomic mass is 16.4. The Hall–Kier alpha value is -2.50. The van der Waals surface area contributed by atoms with Gasteiger partial charge < -0.3 is 10.4 Å². The zero-order valence-electron chi connectivity index (χ0n) is 11.3. The van der Waals surface area contributed by atoms with E-state index in [4.69, 9.17) is 5.11 Å². The van der Waals surface area contributed by atoms with E-state index in [2.05, 4.69) is 15.3 Å². The van der Waals surface area contributed by atoms with Gasteiger partial charge in [-0.05, 0) is 30.9 Å². The smallest absolute Gasteiger partial charge is 0.305 e. The summed E-state index contributed by atoms with van der Waals surface area (Å²) >= 11 is 0. The first-order chi connectivity index (χ1) is 10.1. The molecule has 108 valence electrons. The fourth-order valence-electron chi connectivity index (χ4n) is 2.44. The lowest BCUT2D eigenvalue weighted by molar-refractivity contribution is -0.137. The first kappa shape index (κ1) is 13.5. The van der Waals surface area contributed by atoms with Gasteiger partial charge in [0, 0.05) is 18.4 Å². The number of hydrogen-bond donors (Lipinski definition) is 2. The molecule has 1 aliphatic carbocycles. The molecule has 21 heavy (non-hydrogen) atoms. The number of aromatic nitrogens is 2. The summed E-state index contributed by atoms with van der Waals surface area (Å²) in [5.74, 6) is -0.921. The van der Waals surface area contributed by atoms with Crippen molar-refractivity contribution in [3.8, 4) is 0 Å². The highest BCUT2D eigenvalue weighted by Gasteiger charge is 2.34. The van der Waals surface area contributed by atoms with Crippen molar-refractivity contribution in [1.82, 2.24) is 15.3 Å². The number of carboxylic acid groups (broad SMARTS) is 1. The van der Waals surface area contributed by atoms with Gasteiger partial charge in [0.05, 0.1) is 17.5 Å². The predicted octanol–water partition coefficient (Wildman–Crippen LogP) is 1.61. The Balaban J connectivity index is 1.84. The van der Waals surface area contributed by atoms with Crippen LogP contribution in [-0.2, 0) is 4.79 Å². The molecular formula is C15H15N3O3. The van der Waals surface area contributed by atoms with Crippen LogP contribution in [0.4, 0.5) is 0 Å². The Bertz CT molecular complexity index is 692. The summed E-state index contributed by atoms with van der Waals surface area (Å²) in [6, 6.07) is 4.89. The number of para-hydroxylation sites is 1. The Morgan fingerprint density at radius 1 is 1.29 bits per heavy atom. The Kier molecular flexibility index (Phi) is 3.51. The van der Waals surface area contributed by atoms with Crippen LogP contribution in [0.3, 0.4) is 0 Å². The fraction of sp³-hybridized carbons (Fsp3) is 0.333. The molecule has 3 rings (SSSR count). The molecule has 6 nitrogen and oxygen atoms in total. The molecule has 1 unspecified atom stereocenters. The zero-order valence-corrected chi connectivity index (χ0v) is 11.3. The molecule has 0 spiro atoms. The lowest BCUT2D eigenvalue weighted by Gasteiger charge is -2.16. The third kappa shape index (κ3) is 2.99. The van der Waals surface area contributed by atoms with E-state index in [0.717, 1.165) is 12.8 Å². The summed E-state index contributed by atoms with van der Waals surface area (Å²) in [5, 5.41) is 11.8. The number of fused-ring (bicyclic) bond motifs is 1. The summed E-state index contributed by atoms with van der Waals surface area (Å²) in [5.41, 5.74) is 1.60. The maximum Gasteiger partial charge on any atom is 0.305 e. The number of carbonyl (C=O) groups is 2. The van der Waals surface area contributed by atoms with Crippen LogP contribution in [-0.4, -0.2) is 33.0 Å². The second-order valence-electron chi connectivity index (χ2n) is 5.24. The summed E-state index contributed by atoms with van der Waals surface area (Å²) in [4.78, 5) is 31.7. The topological polar surface area (TPSA) is 92.2 Å². The van der Waals surface area contributed by atoms with Crippen LogP contribution in [0.5, 0.6) is 0 Å². The highest BCUT2D eigenvalue weighted by Crippen LogP contribution is 2.34. The normalized spacial score (nSPS) is 15.6. The number of hydrogen-bond acceptors (Lipinski definition) is 4. The van der Waals surface area contributed by atoms with E-state index in [-0.39, 0.29) is 24.3 Å². The van der Waals surface area contributed by atoms with Gasteiger partial charge in [-0.3, -0.25) is 19.6 Å². The summed E-state index contributed by atoms with van der Waals surface area (Å²) in [6.07, 6.45) is 4.99. The van der Waals surface area contributed by atoms with E-state index in [0.29, 0.717) is 16.6 Å². The maximum absolute atomic E-state index is 12.4. The van der Waals surface area contributed by atoms with Crippen molar-refractivity contribution < 1.29 is 14.7 Å². The lowest BCUT2D eigenvalue weighted by Crippen LogP contribution is -2.38. The van der Waals surface area contributed by atoms with Gasteiger partial charge in [-0.2, -0.15) is 0 Å². The average molecular weight is 285 g/mol. The first-order valence-corrected chi connectivity index (χ1v) is 6.87. The van der Waals surface area contributed by atoms with Crippen LogP contribution in [0.2, 0.25) is 0 Å². The van der Waals surface area contributed by atoms with Crippen molar-refractivity contribution in [2.24, 2.45) is 5.92 Å². The van der Waals surface area contributed by atoms with Crippen molar-refractivity contribution in [2.75, 3.05) is 0 Å². The van der Waals surface area contributed by atoms with Crippen molar-refractivity contribution in [3.63, 3.8) is 0 Å². The Morgan fingerprint density at radius 2 is 2.05 bits per heavy atom. The molecule has 0 bridgehead atoms. The van der Waals surface area contributed by atoms with Gasteiger partial charge in [-0.1, -0.05) is 6.07 Å². The number of amides is 1. The van der Waals surface area contributed by atoms with Gasteiger partial charge in [-0.15, -0.1) is 0 Å². The highest BCUT2D eigenvalue weighted by molar-refractivity contribution is 6.04. The molecule has 1 amide bonds. The van der Waals surface area contributed by atoms with Crippen molar-refractivity contribution >= 4 is 22.9 Å². The van der Waals surface area contributed by atoms with Gasteiger partial charge in [0.2, 0.25) is 0 Å². The van der Waals surface area contributed by atoms with Crippen molar-refractivity contribution in [2.45, 2.75) is 25.3 Å². The van der Waals surface area contributed by atoms with Gasteiger partial charge in [0.25, 0.3) is 5.91 Å².